The summed E-state index contributed by atoms with van der Waals surface area (Å²) in [7, 11) is 0. The molecule has 0 aromatic rings. The number of hydrogen-bond acceptors (Lipinski definition) is 1. The second kappa shape index (κ2) is 3.88. The zero-order chi connectivity index (χ0) is 9.03. The lowest BCUT2D eigenvalue weighted by atomic mass is 9.90. The molecule has 0 radical (unpaired) electrons. The maximum Gasteiger partial charge on any atom is 0.125 e. The van der Waals surface area contributed by atoms with Gasteiger partial charge in [-0.3, -0.25) is 0 Å². The predicted molar refractivity (Wildman–Crippen MR) is 51.0 cm³/mol. The Morgan fingerprint density at radius 2 is 1.92 bits per heavy atom. The first-order chi connectivity index (χ1) is 5.64. The number of aldehydes is 1. The van der Waals surface area contributed by atoms with E-state index in [0.717, 1.165) is 12.7 Å². The predicted octanol–water partition coefficient (Wildman–Crippen LogP) is 3.10. The van der Waals surface area contributed by atoms with Crippen molar-refractivity contribution in [2.45, 2.75) is 46.0 Å². The van der Waals surface area contributed by atoms with Crippen LogP contribution in [0.4, 0.5) is 0 Å². The van der Waals surface area contributed by atoms with Crippen LogP contribution in [-0.2, 0) is 4.79 Å². The van der Waals surface area contributed by atoms with Crippen LogP contribution in [0.15, 0.2) is 11.6 Å². The summed E-state index contributed by atoms with van der Waals surface area (Å²) in [6.45, 7) is 3.98. The molecule has 0 heterocycles. The van der Waals surface area contributed by atoms with E-state index in [9.17, 15) is 4.79 Å². The molecule has 1 rings (SSSR count). The van der Waals surface area contributed by atoms with Crippen molar-refractivity contribution in [3.8, 4) is 0 Å². The van der Waals surface area contributed by atoms with Gasteiger partial charge in [-0.15, -0.1) is 0 Å². The van der Waals surface area contributed by atoms with Crippen LogP contribution in [0.25, 0.3) is 0 Å². The molecule has 68 valence electrons. The largest absolute Gasteiger partial charge is 0.303 e. The van der Waals surface area contributed by atoms with Crippen molar-refractivity contribution in [2.24, 2.45) is 5.41 Å². The molecule has 1 aliphatic carbocycles. The molecular weight excluding hydrogens is 148 g/mol. The Morgan fingerprint density at radius 3 is 2.42 bits per heavy atom. The van der Waals surface area contributed by atoms with Gasteiger partial charge in [0.25, 0.3) is 0 Å². The molecule has 1 fully saturated rings. The van der Waals surface area contributed by atoms with Gasteiger partial charge in [-0.1, -0.05) is 25.5 Å². The van der Waals surface area contributed by atoms with Crippen molar-refractivity contribution in [1.29, 1.82) is 0 Å². The lowest BCUT2D eigenvalue weighted by Gasteiger charge is -2.13. The van der Waals surface area contributed by atoms with E-state index < -0.39 is 0 Å². The molecule has 1 nitrogen and oxygen atoms in total. The van der Waals surface area contributed by atoms with Gasteiger partial charge in [0, 0.05) is 5.41 Å². The highest BCUT2D eigenvalue weighted by Gasteiger charge is 2.15. The minimum absolute atomic E-state index is 0.157. The van der Waals surface area contributed by atoms with Gasteiger partial charge in [0.15, 0.2) is 0 Å². The summed E-state index contributed by atoms with van der Waals surface area (Å²) in [6.07, 6.45) is 9.43. The van der Waals surface area contributed by atoms with Crippen LogP contribution >= 0.6 is 0 Å². The second-order valence-electron chi connectivity index (χ2n) is 4.38. The van der Waals surface area contributed by atoms with Crippen molar-refractivity contribution in [1.82, 2.24) is 0 Å². The maximum atomic E-state index is 10.6. The quantitative estimate of drug-likeness (QED) is 0.465. The minimum Gasteiger partial charge on any atom is -0.303 e. The van der Waals surface area contributed by atoms with Gasteiger partial charge in [0.1, 0.15) is 6.29 Å². The first-order valence-corrected chi connectivity index (χ1v) is 4.78. The summed E-state index contributed by atoms with van der Waals surface area (Å²) < 4.78 is 0. The monoisotopic (exact) mass is 166 g/mol. The highest BCUT2D eigenvalue weighted by molar-refractivity contribution is 5.58. The summed E-state index contributed by atoms with van der Waals surface area (Å²) >= 11 is 0. The molecule has 0 aromatic carbocycles. The SMILES string of the molecule is CC(C)(C=O)CC=C1CCCC1. The van der Waals surface area contributed by atoms with Crippen LogP contribution in [0.2, 0.25) is 0 Å². The summed E-state index contributed by atoms with van der Waals surface area (Å²) in [5.41, 5.74) is 1.40. The van der Waals surface area contributed by atoms with E-state index in [4.69, 9.17) is 0 Å². The first-order valence-electron chi connectivity index (χ1n) is 4.78. The van der Waals surface area contributed by atoms with E-state index in [2.05, 4.69) is 6.08 Å². The molecule has 0 N–H and O–H groups in total. The molecule has 1 aliphatic rings. The number of allylic oxidation sites excluding steroid dienone is 2. The van der Waals surface area contributed by atoms with Gasteiger partial charge in [0.05, 0.1) is 0 Å². The van der Waals surface area contributed by atoms with E-state index in [1.807, 2.05) is 13.8 Å². The second-order valence-corrected chi connectivity index (χ2v) is 4.38. The lowest BCUT2D eigenvalue weighted by molar-refractivity contribution is -0.114. The van der Waals surface area contributed by atoms with E-state index in [1.54, 1.807) is 5.57 Å². The number of rotatable bonds is 3. The Morgan fingerprint density at radius 1 is 1.33 bits per heavy atom. The zero-order valence-corrected chi connectivity index (χ0v) is 8.10. The molecule has 0 bridgehead atoms. The fourth-order valence-electron chi connectivity index (χ4n) is 1.49. The van der Waals surface area contributed by atoms with Gasteiger partial charge in [-0.05, 0) is 32.1 Å². The standard InChI is InChI=1S/C11H18O/c1-11(2,9-12)8-7-10-5-3-4-6-10/h7,9H,3-6,8H2,1-2H3. The van der Waals surface area contributed by atoms with Crippen LogP contribution in [0.1, 0.15) is 46.0 Å². The number of carbonyl (C=O) groups excluding carboxylic acids is 1. The summed E-state index contributed by atoms with van der Waals surface area (Å²) in [5, 5.41) is 0. The van der Waals surface area contributed by atoms with E-state index in [-0.39, 0.29) is 5.41 Å². The van der Waals surface area contributed by atoms with Crippen molar-refractivity contribution in [3.63, 3.8) is 0 Å². The Balaban J connectivity index is 2.41. The highest BCUT2D eigenvalue weighted by Crippen LogP contribution is 2.27. The number of hydrogen-bond donors (Lipinski definition) is 0. The van der Waals surface area contributed by atoms with Gasteiger partial charge < -0.3 is 4.79 Å². The molecule has 0 aromatic heterocycles. The van der Waals surface area contributed by atoms with Crippen LogP contribution in [-0.4, -0.2) is 6.29 Å². The molecule has 0 saturated heterocycles. The molecule has 12 heavy (non-hydrogen) atoms. The van der Waals surface area contributed by atoms with Crippen molar-refractivity contribution in [3.05, 3.63) is 11.6 Å². The van der Waals surface area contributed by atoms with Crippen LogP contribution in [0.3, 0.4) is 0 Å². The third-order valence-electron chi connectivity index (χ3n) is 2.48. The molecule has 0 amide bonds. The van der Waals surface area contributed by atoms with Crippen LogP contribution in [0.5, 0.6) is 0 Å². The highest BCUT2D eigenvalue weighted by atomic mass is 16.1. The van der Waals surface area contributed by atoms with Crippen LogP contribution in [0, 0.1) is 5.41 Å². The molecule has 0 unspecified atom stereocenters. The van der Waals surface area contributed by atoms with E-state index >= 15 is 0 Å². The summed E-state index contributed by atoms with van der Waals surface area (Å²) in [4.78, 5) is 10.6. The molecule has 0 aliphatic heterocycles. The topological polar surface area (TPSA) is 17.1 Å². The van der Waals surface area contributed by atoms with E-state index in [0.29, 0.717) is 0 Å². The van der Waals surface area contributed by atoms with Crippen molar-refractivity contribution >= 4 is 6.29 Å². The Kier molecular flexibility index (Phi) is 3.07. The van der Waals surface area contributed by atoms with Crippen LogP contribution < -0.4 is 0 Å². The normalized spacial score (nSPS) is 18.0. The average Bonchev–Trinajstić information content (AvgIpc) is 2.53. The average molecular weight is 166 g/mol. The van der Waals surface area contributed by atoms with E-state index in [1.165, 1.54) is 25.7 Å². The lowest BCUT2D eigenvalue weighted by Crippen LogP contribution is -2.11. The van der Waals surface area contributed by atoms with Gasteiger partial charge in [-0.2, -0.15) is 0 Å². The van der Waals surface area contributed by atoms with Gasteiger partial charge in [0.2, 0.25) is 0 Å². The fraction of sp³-hybridized carbons (Fsp3) is 0.727. The molecule has 1 heteroatoms. The van der Waals surface area contributed by atoms with Gasteiger partial charge in [-0.25, -0.2) is 0 Å². The minimum atomic E-state index is -0.157. The molecular formula is C11H18O. The zero-order valence-electron chi connectivity index (χ0n) is 8.10. The number of carbonyl (C=O) groups is 1. The van der Waals surface area contributed by atoms with Crippen molar-refractivity contribution in [2.75, 3.05) is 0 Å². The van der Waals surface area contributed by atoms with Crippen molar-refractivity contribution < 1.29 is 4.79 Å². The fourth-order valence-corrected chi connectivity index (χ4v) is 1.49. The summed E-state index contributed by atoms with van der Waals surface area (Å²) in [5.74, 6) is 0. The Labute approximate surface area is 74.9 Å². The maximum absolute atomic E-state index is 10.6. The molecule has 0 atom stereocenters. The smallest absolute Gasteiger partial charge is 0.125 e. The summed E-state index contributed by atoms with van der Waals surface area (Å²) in [6, 6.07) is 0. The molecule has 1 saturated carbocycles. The Bertz CT molecular complexity index is 181. The van der Waals surface area contributed by atoms with Gasteiger partial charge >= 0.3 is 0 Å². The Hall–Kier alpha value is -0.590. The third kappa shape index (κ3) is 2.80. The molecule has 0 spiro atoms. The third-order valence-corrected chi connectivity index (χ3v) is 2.48. The first kappa shape index (κ1) is 9.50.